The summed E-state index contributed by atoms with van der Waals surface area (Å²) >= 11 is 6.10. The van der Waals surface area contributed by atoms with E-state index in [1.165, 1.54) is 10.7 Å². The molecule has 0 spiro atoms. The molecular weight excluding hydrogens is 454 g/mol. The number of aliphatic hydroxyl groups is 2. The summed E-state index contributed by atoms with van der Waals surface area (Å²) in [5, 5.41) is 33.8. The second kappa shape index (κ2) is 8.51. The number of β-amino-alcohol motifs (C(OH)–C–C–N with tert-alkyl or cyclic N) is 1. The van der Waals surface area contributed by atoms with Crippen molar-refractivity contribution in [3.05, 3.63) is 64.1 Å². The lowest BCUT2D eigenvalue weighted by Crippen LogP contribution is -2.64. The molecule has 1 aliphatic carbocycles. The third-order valence-electron chi connectivity index (χ3n) is 5.40. The number of alkyl halides is 2. The van der Waals surface area contributed by atoms with E-state index >= 15 is 0 Å². The molecule has 2 aromatic rings. The number of hydrogen-bond donors (Lipinski definition) is 2. The molecule has 11 heteroatoms. The highest BCUT2D eigenvalue weighted by molar-refractivity contribution is 6.35. The summed E-state index contributed by atoms with van der Waals surface area (Å²) < 4.78 is 28.4. The van der Waals surface area contributed by atoms with E-state index in [4.69, 9.17) is 11.6 Å². The Hall–Kier alpha value is -3.39. The van der Waals surface area contributed by atoms with Gasteiger partial charge in [-0.25, -0.2) is 13.8 Å². The molecule has 170 valence electrons. The monoisotopic (exact) mass is 472 g/mol. The Morgan fingerprint density at radius 3 is 2.76 bits per heavy atom. The van der Waals surface area contributed by atoms with Gasteiger partial charge in [-0.15, -0.1) is 0 Å². The summed E-state index contributed by atoms with van der Waals surface area (Å²) in [4.78, 5) is 10.3. The van der Waals surface area contributed by atoms with Crippen LogP contribution in [-0.2, 0) is 0 Å². The van der Waals surface area contributed by atoms with Crippen LogP contribution in [0.2, 0.25) is 0 Å². The lowest BCUT2D eigenvalue weighted by molar-refractivity contribution is -0.0365. The minimum atomic E-state index is -2.97. The Bertz CT molecular complexity index is 1310. The Morgan fingerprint density at radius 2 is 2.15 bits per heavy atom. The summed E-state index contributed by atoms with van der Waals surface area (Å²) in [6, 6.07) is 1.77. The van der Waals surface area contributed by atoms with Crippen LogP contribution >= 0.6 is 11.6 Å². The molecule has 8 nitrogen and oxygen atoms in total. The van der Waals surface area contributed by atoms with Crippen LogP contribution in [0, 0.1) is 18.3 Å². The summed E-state index contributed by atoms with van der Waals surface area (Å²) in [6.45, 7) is 4.92. The highest BCUT2D eigenvalue weighted by Crippen LogP contribution is 2.36. The molecule has 1 fully saturated rings. The van der Waals surface area contributed by atoms with Crippen molar-refractivity contribution in [3.63, 3.8) is 0 Å². The molecule has 1 saturated heterocycles. The van der Waals surface area contributed by atoms with Crippen molar-refractivity contribution < 1.29 is 19.0 Å². The van der Waals surface area contributed by atoms with Crippen LogP contribution in [0.4, 0.5) is 14.6 Å². The van der Waals surface area contributed by atoms with Crippen molar-refractivity contribution in [1.29, 1.82) is 5.26 Å². The van der Waals surface area contributed by atoms with Gasteiger partial charge in [0.25, 0.3) is 6.43 Å². The fourth-order valence-electron chi connectivity index (χ4n) is 3.82. The zero-order valence-corrected chi connectivity index (χ0v) is 18.3. The van der Waals surface area contributed by atoms with Crippen LogP contribution in [0.5, 0.6) is 0 Å². The third-order valence-corrected chi connectivity index (χ3v) is 5.63. The minimum Gasteiger partial charge on any atom is -0.393 e. The first-order valence-electron chi connectivity index (χ1n) is 9.87. The Labute approximate surface area is 192 Å². The third kappa shape index (κ3) is 3.95. The number of rotatable bonds is 5. The van der Waals surface area contributed by atoms with Gasteiger partial charge in [-0.3, -0.25) is 4.99 Å². The van der Waals surface area contributed by atoms with Crippen molar-refractivity contribution in [2.45, 2.75) is 19.0 Å². The number of aromatic nitrogens is 3. The van der Waals surface area contributed by atoms with Gasteiger partial charge >= 0.3 is 0 Å². The molecule has 0 amide bonds. The Balaban J connectivity index is 1.98. The average Bonchev–Trinajstić information content (AvgIpc) is 3.12. The Kier molecular flexibility index (Phi) is 5.88. The second-order valence-electron chi connectivity index (χ2n) is 7.74. The number of anilines is 1. The molecule has 0 bridgehead atoms. The van der Waals surface area contributed by atoms with Crippen molar-refractivity contribution in [2.24, 2.45) is 4.99 Å². The number of fused-ring (bicyclic) bond motifs is 1. The van der Waals surface area contributed by atoms with Gasteiger partial charge in [-0.05, 0) is 25.2 Å². The van der Waals surface area contributed by atoms with E-state index in [9.17, 15) is 24.3 Å². The minimum absolute atomic E-state index is 0.0102. The molecule has 4 rings (SSSR count). The van der Waals surface area contributed by atoms with E-state index in [2.05, 4.69) is 21.7 Å². The molecule has 2 aromatic heterocycles. The van der Waals surface area contributed by atoms with Gasteiger partial charge in [0.05, 0.1) is 31.1 Å². The molecule has 0 saturated carbocycles. The topological polar surface area (TPSA) is 110 Å². The van der Waals surface area contributed by atoms with Gasteiger partial charge in [0.15, 0.2) is 5.65 Å². The second-order valence-corrected chi connectivity index (χ2v) is 8.18. The maximum Gasteiger partial charge on any atom is 0.283 e. The van der Waals surface area contributed by atoms with Crippen LogP contribution in [0.1, 0.15) is 28.9 Å². The SMILES string of the molecule is C=CN=C1C=C(Cl)C=C/C1=C\c1c(C)nc2c(C#N)c(C(F)F)nn2c1N1CC(O)(CO)C1. The molecule has 3 heterocycles. The smallest absolute Gasteiger partial charge is 0.283 e. The fourth-order valence-corrected chi connectivity index (χ4v) is 3.99. The molecule has 0 aromatic carbocycles. The molecular formula is C22H19ClF2N6O2. The summed E-state index contributed by atoms with van der Waals surface area (Å²) in [7, 11) is 0. The van der Waals surface area contributed by atoms with Crippen LogP contribution in [0.25, 0.3) is 11.7 Å². The van der Waals surface area contributed by atoms with Crippen molar-refractivity contribution >= 4 is 34.9 Å². The summed E-state index contributed by atoms with van der Waals surface area (Å²) in [5.74, 6) is 0.360. The van der Waals surface area contributed by atoms with E-state index in [1.54, 1.807) is 42.2 Å². The zero-order chi connectivity index (χ0) is 23.9. The normalized spacial score (nSPS) is 19.8. The lowest BCUT2D eigenvalue weighted by Gasteiger charge is -2.47. The number of aryl methyl sites for hydroxylation is 1. The average molecular weight is 473 g/mol. The first kappa shape index (κ1) is 22.8. The molecule has 2 aliphatic rings. The van der Waals surface area contributed by atoms with E-state index < -0.39 is 24.3 Å². The van der Waals surface area contributed by atoms with E-state index in [-0.39, 0.29) is 24.3 Å². The first-order valence-corrected chi connectivity index (χ1v) is 10.2. The molecule has 33 heavy (non-hydrogen) atoms. The van der Waals surface area contributed by atoms with Gasteiger partial charge in [-0.1, -0.05) is 24.3 Å². The highest BCUT2D eigenvalue weighted by Gasteiger charge is 2.43. The van der Waals surface area contributed by atoms with E-state index in [1.807, 2.05) is 0 Å². The highest BCUT2D eigenvalue weighted by atomic mass is 35.5. The molecule has 2 N–H and O–H groups in total. The standard InChI is InChI=1S/C22H19ClF2N6O2/c1-3-27-17-7-14(23)5-4-13(17)6-15-12(2)28-20-16(8-26)18(19(24)25)29-31(20)21(15)30-9-22(33,10-30)11-32/h3-7,19,32-33H,1,9-11H2,2H3/b13-6+,27-17?. The number of aliphatic hydroxyl groups excluding tert-OH is 1. The largest absolute Gasteiger partial charge is 0.393 e. The zero-order valence-electron chi connectivity index (χ0n) is 17.5. The molecule has 0 unspecified atom stereocenters. The number of aliphatic imine (C=N–C) groups is 1. The van der Waals surface area contributed by atoms with Gasteiger partial charge in [0.2, 0.25) is 0 Å². The van der Waals surface area contributed by atoms with Crippen molar-refractivity contribution in [1.82, 2.24) is 14.6 Å². The van der Waals surface area contributed by atoms with Gasteiger partial charge in [0.1, 0.15) is 28.7 Å². The summed E-state index contributed by atoms with van der Waals surface area (Å²) in [6.07, 6.45) is 5.23. The predicted octanol–water partition coefficient (Wildman–Crippen LogP) is 3.05. The van der Waals surface area contributed by atoms with E-state index in [0.29, 0.717) is 33.4 Å². The van der Waals surface area contributed by atoms with Crippen LogP contribution in [0.3, 0.4) is 0 Å². The van der Waals surface area contributed by atoms with Crippen molar-refractivity contribution in [3.8, 4) is 6.07 Å². The predicted molar refractivity (Wildman–Crippen MR) is 120 cm³/mol. The fraction of sp³-hybridized carbons (Fsp3) is 0.273. The van der Waals surface area contributed by atoms with Crippen LogP contribution < -0.4 is 4.90 Å². The molecule has 0 atom stereocenters. The quantitative estimate of drug-likeness (QED) is 0.692. The van der Waals surface area contributed by atoms with E-state index in [0.717, 1.165) is 0 Å². The lowest BCUT2D eigenvalue weighted by atomic mass is 9.94. The van der Waals surface area contributed by atoms with Gasteiger partial charge in [0, 0.05) is 22.4 Å². The van der Waals surface area contributed by atoms with Gasteiger partial charge in [-0.2, -0.15) is 14.9 Å². The first-order chi connectivity index (χ1) is 15.7. The number of nitrogens with zero attached hydrogens (tertiary/aromatic N) is 6. The number of hydrogen-bond acceptors (Lipinski definition) is 7. The number of allylic oxidation sites excluding steroid dienone is 5. The van der Waals surface area contributed by atoms with Crippen LogP contribution in [0.15, 0.2) is 46.6 Å². The van der Waals surface area contributed by atoms with Crippen LogP contribution in [-0.4, -0.2) is 55.8 Å². The van der Waals surface area contributed by atoms with Crippen molar-refractivity contribution in [2.75, 3.05) is 24.6 Å². The Morgan fingerprint density at radius 1 is 1.42 bits per heavy atom. The molecule has 1 aliphatic heterocycles. The summed E-state index contributed by atoms with van der Waals surface area (Å²) in [5.41, 5.74) is -0.159. The van der Waals surface area contributed by atoms with Gasteiger partial charge < -0.3 is 15.1 Å². The maximum atomic E-state index is 13.6. The molecule has 0 radical (unpaired) electrons. The number of halogens is 3. The maximum absolute atomic E-state index is 13.6. The number of nitriles is 1.